The van der Waals surface area contributed by atoms with Crippen molar-refractivity contribution in [3.8, 4) is 11.5 Å². The van der Waals surface area contributed by atoms with E-state index < -0.39 is 0 Å². The molecule has 1 N–H and O–H groups in total. The second-order valence-corrected chi connectivity index (χ2v) is 8.27. The average Bonchev–Trinajstić information content (AvgIpc) is 3.65. The molecule has 0 radical (unpaired) electrons. The third kappa shape index (κ3) is 4.62. The minimum Gasteiger partial charge on any atom is -0.451 e. The van der Waals surface area contributed by atoms with Crippen molar-refractivity contribution in [2.24, 2.45) is 0 Å². The highest BCUT2D eigenvalue weighted by molar-refractivity contribution is 6.04. The van der Waals surface area contributed by atoms with Crippen LogP contribution in [-0.4, -0.2) is 31.0 Å². The van der Waals surface area contributed by atoms with Crippen LogP contribution in [0.15, 0.2) is 100 Å². The van der Waals surface area contributed by atoms with Gasteiger partial charge in [-0.2, -0.15) is 4.98 Å². The lowest BCUT2D eigenvalue weighted by molar-refractivity contribution is 0.0998. The number of nitrogens with zero attached hydrogens (tertiary/aromatic N) is 5. The molecule has 36 heavy (non-hydrogen) atoms. The Morgan fingerprint density at radius 2 is 1.72 bits per heavy atom. The van der Waals surface area contributed by atoms with Gasteiger partial charge in [-0.25, -0.2) is 4.68 Å². The van der Waals surface area contributed by atoms with Crippen LogP contribution in [0.4, 0.5) is 5.69 Å². The highest BCUT2D eigenvalue weighted by Gasteiger charge is 2.14. The van der Waals surface area contributed by atoms with Crippen LogP contribution in [-0.2, 0) is 13.0 Å². The van der Waals surface area contributed by atoms with Gasteiger partial charge < -0.3 is 14.3 Å². The summed E-state index contributed by atoms with van der Waals surface area (Å²) >= 11 is 0. The van der Waals surface area contributed by atoms with Crippen molar-refractivity contribution in [3.63, 3.8) is 0 Å². The molecule has 0 unspecified atom stereocenters. The summed E-state index contributed by atoms with van der Waals surface area (Å²) in [5.41, 5.74) is 3.96. The van der Waals surface area contributed by atoms with Crippen molar-refractivity contribution < 1.29 is 13.7 Å². The fraction of sp³-hybridized carbons (Fsp3) is 0.0741. The average molecular weight is 476 g/mol. The monoisotopic (exact) mass is 476 g/mol. The zero-order chi connectivity index (χ0) is 24.3. The smallest absolute Gasteiger partial charge is 0.291 e. The molecule has 0 aliphatic heterocycles. The number of aromatic nitrogens is 5. The summed E-state index contributed by atoms with van der Waals surface area (Å²) in [6.45, 7) is 0.609. The number of fused-ring (bicyclic) bond motifs is 1. The van der Waals surface area contributed by atoms with Crippen LogP contribution >= 0.6 is 0 Å². The summed E-state index contributed by atoms with van der Waals surface area (Å²) in [4.78, 5) is 17.0. The third-order valence-electron chi connectivity index (χ3n) is 5.64. The first kappa shape index (κ1) is 21.5. The molecule has 0 bridgehead atoms. The zero-order valence-corrected chi connectivity index (χ0v) is 19.0. The number of hydrogen-bond donors (Lipinski definition) is 1. The minimum absolute atomic E-state index is 0.263. The van der Waals surface area contributed by atoms with Crippen molar-refractivity contribution >= 4 is 22.6 Å². The zero-order valence-electron chi connectivity index (χ0n) is 19.0. The first-order chi connectivity index (χ1) is 17.7. The van der Waals surface area contributed by atoms with E-state index in [9.17, 15) is 4.79 Å². The number of amides is 1. The molecule has 176 valence electrons. The number of nitrogens with one attached hydrogen (secondary N) is 1. The van der Waals surface area contributed by atoms with Crippen molar-refractivity contribution in [2.45, 2.75) is 13.0 Å². The maximum absolute atomic E-state index is 12.6. The molecule has 3 aromatic heterocycles. The summed E-state index contributed by atoms with van der Waals surface area (Å²) in [5.74, 6) is 0.806. The van der Waals surface area contributed by atoms with E-state index in [0.29, 0.717) is 41.6 Å². The molecule has 0 aliphatic carbocycles. The Bertz CT molecular complexity index is 1600. The topological polar surface area (TPSA) is 112 Å². The molecule has 9 heteroatoms. The molecular formula is C27H20N6O3. The first-order valence-corrected chi connectivity index (χ1v) is 11.4. The van der Waals surface area contributed by atoms with Crippen LogP contribution in [0.25, 0.3) is 22.5 Å². The Hall–Kier alpha value is -5.05. The van der Waals surface area contributed by atoms with E-state index in [2.05, 4.69) is 25.8 Å². The van der Waals surface area contributed by atoms with E-state index in [0.717, 1.165) is 16.5 Å². The van der Waals surface area contributed by atoms with Gasteiger partial charge in [0.25, 0.3) is 5.91 Å². The van der Waals surface area contributed by atoms with E-state index in [1.54, 1.807) is 16.9 Å². The highest BCUT2D eigenvalue weighted by atomic mass is 16.5. The highest BCUT2D eigenvalue weighted by Crippen LogP contribution is 2.21. The van der Waals surface area contributed by atoms with Gasteiger partial charge in [-0.1, -0.05) is 71.0 Å². The summed E-state index contributed by atoms with van der Waals surface area (Å²) in [6.07, 6.45) is 2.24. The lowest BCUT2D eigenvalue weighted by atomic mass is 10.1. The molecule has 0 spiro atoms. The molecule has 0 aliphatic rings. The van der Waals surface area contributed by atoms with Crippen molar-refractivity contribution in [3.05, 3.63) is 114 Å². The Labute approximate surface area is 205 Å². The normalized spacial score (nSPS) is 11.1. The van der Waals surface area contributed by atoms with E-state index in [1.165, 1.54) is 0 Å². The Balaban J connectivity index is 1.08. The molecule has 0 saturated carbocycles. The van der Waals surface area contributed by atoms with E-state index in [1.807, 2.05) is 78.9 Å². The first-order valence-electron chi connectivity index (χ1n) is 11.4. The Kier molecular flexibility index (Phi) is 5.55. The fourth-order valence-electron chi connectivity index (χ4n) is 3.85. The summed E-state index contributed by atoms with van der Waals surface area (Å²) in [7, 11) is 0. The second kappa shape index (κ2) is 9.30. The van der Waals surface area contributed by atoms with Crippen LogP contribution in [0.1, 0.15) is 27.6 Å². The number of carbonyl (C=O) groups excluding carboxylic acids is 1. The van der Waals surface area contributed by atoms with Gasteiger partial charge in [-0.15, -0.1) is 5.10 Å². The quantitative estimate of drug-likeness (QED) is 0.346. The second-order valence-electron chi connectivity index (χ2n) is 8.27. The lowest BCUT2D eigenvalue weighted by Crippen LogP contribution is -2.10. The minimum atomic E-state index is -0.305. The summed E-state index contributed by atoms with van der Waals surface area (Å²) in [5, 5.41) is 16.1. The fourth-order valence-corrected chi connectivity index (χ4v) is 3.85. The van der Waals surface area contributed by atoms with E-state index >= 15 is 0 Å². The van der Waals surface area contributed by atoms with E-state index in [4.69, 9.17) is 8.94 Å². The summed E-state index contributed by atoms with van der Waals surface area (Å²) in [6, 6.07) is 26.7. The van der Waals surface area contributed by atoms with Crippen molar-refractivity contribution in [2.75, 3.05) is 5.32 Å². The van der Waals surface area contributed by atoms with E-state index in [-0.39, 0.29) is 11.7 Å². The van der Waals surface area contributed by atoms with Crippen LogP contribution in [0, 0.1) is 0 Å². The molecular weight excluding hydrogens is 456 g/mol. The molecule has 0 fully saturated rings. The number of para-hydroxylation sites is 1. The number of hydrogen-bond acceptors (Lipinski definition) is 7. The third-order valence-corrected chi connectivity index (χ3v) is 5.64. The number of rotatable bonds is 7. The molecule has 9 nitrogen and oxygen atoms in total. The molecule has 3 heterocycles. The number of furan rings is 1. The maximum Gasteiger partial charge on any atom is 0.291 e. The molecule has 0 saturated heterocycles. The van der Waals surface area contributed by atoms with Gasteiger partial charge in [0.1, 0.15) is 5.58 Å². The van der Waals surface area contributed by atoms with Crippen molar-refractivity contribution in [1.29, 1.82) is 0 Å². The van der Waals surface area contributed by atoms with Gasteiger partial charge in [-0.3, -0.25) is 4.79 Å². The molecule has 6 rings (SSSR count). The van der Waals surface area contributed by atoms with Gasteiger partial charge in [0.15, 0.2) is 11.5 Å². The standard InChI is InChI=1S/C27H20N6O3/c34-27(24-15-20-8-4-5-9-23(20)35-24)28-21-12-10-18(11-13-21)14-25-29-26(31-36-25)22-17-33(32-30-22)16-19-6-2-1-3-7-19/h1-13,15,17H,14,16H2,(H,28,34). The number of anilines is 1. The maximum atomic E-state index is 12.6. The molecule has 0 atom stereocenters. The van der Waals surface area contributed by atoms with Gasteiger partial charge in [0.2, 0.25) is 11.7 Å². The van der Waals surface area contributed by atoms with Gasteiger partial charge in [0.05, 0.1) is 19.2 Å². The largest absolute Gasteiger partial charge is 0.451 e. The number of benzene rings is 3. The van der Waals surface area contributed by atoms with Crippen LogP contribution in [0.3, 0.4) is 0 Å². The van der Waals surface area contributed by atoms with Crippen LogP contribution in [0.2, 0.25) is 0 Å². The SMILES string of the molecule is O=C(Nc1ccc(Cc2nc(-c3cn(Cc4ccccc4)nn3)no2)cc1)c1cc2ccccc2o1. The molecule has 6 aromatic rings. The van der Waals surface area contributed by atoms with Crippen molar-refractivity contribution in [1.82, 2.24) is 25.1 Å². The predicted molar refractivity (Wildman–Crippen MR) is 132 cm³/mol. The Morgan fingerprint density at radius 1 is 0.917 bits per heavy atom. The summed E-state index contributed by atoms with van der Waals surface area (Å²) < 4.78 is 12.8. The van der Waals surface area contributed by atoms with Crippen LogP contribution < -0.4 is 5.32 Å². The Morgan fingerprint density at radius 3 is 2.56 bits per heavy atom. The van der Waals surface area contributed by atoms with Gasteiger partial charge >= 0.3 is 0 Å². The van der Waals surface area contributed by atoms with Crippen LogP contribution in [0.5, 0.6) is 0 Å². The molecule has 3 aromatic carbocycles. The van der Waals surface area contributed by atoms with Gasteiger partial charge in [0, 0.05) is 11.1 Å². The predicted octanol–water partition coefficient (Wildman–Crippen LogP) is 4.97. The lowest BCUT2D eigenvalue weighted by Gasteiger charge is -2.04. The molecule has 1 amide bonds. The number of carbonyl (C=O) groups is 1. The van der Waals surface area contributed by atoms with Gasteiger partial charge in [-0.05, 0) is 35.4 Å².